The smallest absolute Gasteiger partial charge is 0.230 e. The van der Waals surface area contributed by atoms with Crippen LogP contribution in [0.2, 0.25) is 0 Å². The first kappa shape index (κ1) is 11.8. The van der Waals surface area contributed by atoms with Crippen LogP contribution in [0.15, 0.2) is 16.5 Å². The molecule has 2 N–H and O–H groups in total. The lowest BCUT2D eigenvalue weighted by Gasteiger charge is -2.08. The summed E-state index contributed by atoms with van der Waals surface area (Å²) in [6.45, 7) is 6.60. The monoisotopic (exact) mass is 231 g/mol. The van der Waals surface area contributed by atoms with Crippen LogP contribution in [0.1, 0.15) is 34.0 Å². The molecule has 2 rings (SSSR count). The first-order chi connectivity index (χ1) is 8.10. The molecule has 1 heterocycles. The zero-order valence-corrected chi connectivity index (χ0v) is 10.4. The Kier molecular flexibility index (Phi) is 3.24. The molecule has 0 saturated heterocycles. The number of nitrogens with zero attached hydrogens (tertiary/aromatic N) is 2. The quantitative estimate of drug-likeness (QED) is 0.878. The van der Waals surface area contributed by atoms with Gasteiger partial charge in [0.25, 0.3) is 0 Å². The van der Waals surface area contributed by atoms with Gasteiger partial charge in [0.15, 0.2) is 0 Å². The average Bonchev–Trinajstić information content (AvgIpc) is 2.71. The van der Waals surface area contributed by atoms with Gasteiger partial charge in [0.2, 0.25) is 11.8 Å². The molecule has 0 spiro atoms. The SMILES string of the molecule is Cc1cc(C)c(Cc2nnc(CN)o2)c(C)c1. The van der Waals surface area contributed by atoms with Crippen molar-refractivity contribution in [2.45, 2.75) is 33.7 Å². The van der Waals surface area contributed by atoms with Crippen molar-refractivity contribution in [1.29, 1.82) is 0 Å². The minimum absolute atomic E-state index is 0.291. The van der Waals surface area contributed by atoms with E-state index >= 15 is 0 Å². The lowest BCUT2D eigenvalue weighted by molar-refractivity contribution is 0.459. The third kappa shape index (κ3) is 2.53. The van der Waals surface area contributed by atoms with Crippen LogP contribution in [0.5, 0.6) is 0 Å². The summed E-state index contributed by atoms with van der Waals surface area (Å²) in [6, 6.07) is 4.34. The Morgan fingerprint density at radius 2 is 1.65 bits per heavy atom. The molecule has 0 atom stereocenters. The predicted molar refractivity (Wildman–Crippen MR) is 65.6 cm³/mol. The number of nitrogens with two attached hydrogens (primary N) is 1. The molecule has 2 aromatic rings. The van der Waals surface area contributed by atoms with Crippen molar-refractivity contribution in [3.63, 3.8) is 0 Å². The van der Waals surface area contributed by atoms with Gasteiger partial charge >= 0.3 is 0 Å². The first-order valence-corrected chi connectivity index (χ1v) is 5.68. The molecule has 1 aromatic carbocycles. The van der Waals surface area contributed by atoms with E-state index in [1.807, 2.05) is 0 Å². The average molecular weight is 231 g/mol. The number of hydrogen-bond acceptors (Lipinski definition) is 4. The molecule has 17 heavy (non-hydrogen) atoms. The van der Waals surface area contributed by atoms with Crippen molar-refractivity contribution in [2.24, 2.45) is 5.73 Å². The topological polar surface area (TPSA) is 64.9 Å². The Bertz CT molecular complexity index is 508. The normalized spacial score (nSPS) is 10.8. The van der Waals surface area contributed by atoms with Crippen LogP contribution in [0.4, 0.5) is 0 Å². The highest BCUT2D eigenvalue weighted by Gasteiger charge is 2.10. The van der Waals surface area contributed by atoms with Crippen molar-refractivity contribution in [3.05, 3.63) is 46.2 Å². The fourth-order valence-corrected chi connectivity index (χ4v) is 2.08. The van der Waals surface area contributed by atoms with Crippen LogP contribution in [-0.4, -0.2) is 10.2 Å². The number of rotatable bonds is 3. The fraction of sp³-hybridized carbons (Fsp3) is 0.385. The molecule has 4 nitrogen and oxygen atoms in total. The second kappa shape index (κ2) is 4.67. The lowest BCUT2D eigenvalue weighted by Crippen LogP contribution is -1.97. The van der Waals surface area contributed by atoms with Gasteiger partial charge in [-0.05, 0) is 37.5 Å². The van der Waals surface area contributed by atoms with Gasteiger partial charge in [-0.15, -0.1) is 10.2 Å². The summed E-state index contributed by atoms with van der Waals surface area (Å²) in [5, 5.41) is 7.86. The van der Waals surface area contributed by atoms with Crippen molar-refractivity contribution < 1.29 is 4.42 Å². The number of hydrogen-bond donors (Lipinski definition) is 1. The van der Waals surface area contributed by atoms with Crippen molar-refractivity contribution in [3.8, 4) is 0 Å². The molecule has 0 aliphatic rings. The van der Waals surface area contributed by atoms with Gasteiger partial charge in [-0.3, -0.25) is 0 Å². The molecule has 0 fully saturated rings. The zero-order chi connectivity index (χ0) is 12.4. The zero-order valence-electron chi connectivity index (χ0n) is 10.4. The third-order valence-electron chi connectivity index (χ3n) is 2.85. The van der Waals surface area contributed by atoms with E-state index in [0.717, 1.165) is 0 Å². The van der Waals surface area contributed by atoms with Gasteiger partial charge in [-0.25, -0.2) is 0 Å². The number of benzene rings is 1. The van der Waals surface area contributed by atoms with E-state index in [4.69, 9.17) is 10.2 Å². The summed E-state index contributed by atoms with van der Waals surface area (Å²) < 4.78 is 5.43. The lowest BCUT2D eigenvalue weighted by atomic mass is 9.97. The molecule has 90 valence electrons. The van der Waals surface area contributed by atoms with E-state index in [9.17, 15) is 0 Å². The Balaban J connectivity index is 2.29. The molecular formula is C13H17N3O. The highest BCUT2D eigenvalue weighted by Crippen LogP contribution is 2.19. The summed E-state index contributed by atoms with van der Waals surface area (Å²) in [4.78, 5) is 0. The maximum Gasteiger partial charge on any atom is 0.230 e. The maximum absolute atomic E-state index is 5.44. The molecule has 1 aromatic heterocycles. The largest absolute Gasteiger partial charge is 0.424 e. The summed E-state index contributed by atoms with van der Waals surface area (Å²) in [5.74, 6) is 1.11. The van der Waals surface area contributed by atoms with Gasteiger partial charge < -0.3 is 10.2 Å². The Labute approximate surface area is 101 Å². The van der Waals surface area contributed by atoms with E-state index in [2.05, 4.69) is 43.1 Å². The molecule has 0 radical (unpaired) electrons. The van der Waals surface area contributed by atoms with Gasteiger partial charge in [-0.1, -0.05) is 17.7 Å². The minimum Gasteiger partial charge on any atom is -0.424 e. The molecule has 0 bridgehead atoms. The van der Waals surface area contributed by atoms with Gasteiger partial charge in [-0.2, -0.15) is 0 Å². The molecular weight excluding hydrogens is 214 g/mol. The van der Waals surface area contributed by atoms with E-state index in [-0.39, 0.29) is 0 Å². The maximum atomic E-state index is 5.44. The molecule has 0 aliphatic carbocycles. The van der Waals surface area contributed by atoms with Crippen LogP contribution in [0, 0.1) is 20.8 Å². The first-order valence-electron chi connectivity index (χ1n) is 5.68. The second-order valence-electron chi connectivity index (χ2n) is 4.35. The van der Waals surface area contributed by atoms with Gasteiger partial charge in [0, 0.05) is 0 Å². The van der Waals surface area contributed by atoms with Crippen molar-refractivity contribution >= 4 is 0 Å². The van der Waals surface area contributed by atoms with E-state index in [0.29, 0.717) is 24.7 Å². The van der Waals surface area contributed by atoms with Gasteiger partial charge in [0.1, 0.15) is 0 Å². The number of aromatic nitrogens is 2. The Morgan fingerprint density at radius 1 is 1.06 bits per heavy atom. The fourth-order valence-electron chi connectivity index (χ4n) is 2.08. The van der Waals surface area contributed by atoms with E-state index in [1.165, 1.54) is 22.3 Å². The number of aryl methyl sites for hydroxylation is 3. The molecule has 0 aliphatic heterocycles. The Hall–Kier alpha value is -1.68. The summed E-state index contributed by atoms with van der Waals surface area (Å²) in [7, 11) is 0. The van der Waals surface area contributed by atoms with Crippen molar-refractivity contribution in [1.82, 2.24) is 10.2 Å². The van der Waals surface area contributed by atoms with Crippen LogP contribution in [-0.2, 0) is 13.0 Å². The second-order valence-corrected chi connectivity index (χ2v) is 4.35. The summed E-state index contributed by atoms with van der Waals surface area (Å²) >= 11 is 0. The third-order valence-corrected chi connectivity index (χ3v) is 2.85. The Morgan fingerprint density at radius 3 is 2.18 bits per heavy atom. The highest BCUT2D eigenvalue weighted by molar-refractivity contribution is 5.38. The molecule has 0 saturated carbocycles. The van der Waals surface area contributed by atoms with Gasteiger partial charge in [0.05, 0.1) is 13.0 Å². The van der Waals surface area contributed by atoms with Crippen LogP contribution in [0.25, 0.3) is 0 Å². The molecule has 0 unspecified atom stereocenters. The van der Waals surface area contributed by atoms with Crippen LogP contribution >= 0.6 is 0 Å². The molecule has 0 amide bonds. The van der Waals surface area contributed by atoms with Crippen LogP contribution < -0.4 is 5.73 Å². The van der Waals surface area contributed by atoms with Crippen LogP contribution in [0.3, 0.4) is 0 Å². The molecule has 4 heteroatoms. The van der Waals surface area contributed by atoms with E-state index in [1.54, 1.807) is 0 Å². The minimum atomic E-state index is 0.291. The predicted octanol–water partition coefficient (Wildman–Crippen LogP) is 2.04. The standard InChI is InChI=1S/C13H17N3O/c1-8-4-9(2)11(10(3)5-8)6-12-15-16-13(7-14)17-12/h4-5H,6-7,14H2,1-3H3. The highest BCUT2D eigenvalue weighted by atomic mass is 16.4. The van der Waals surface area contributed by atoms with Crippen molar-refractivity contribution in [2.75, 3.05) is 0 Å². The summed E-state index contributed by atoms with van der Waals surface area (Å²) in [5.41, 5.74) is 10.5. The summed E-state index contributed by atoms with van der Waals surface area (Å²) in [6.07, 6.45) is 0.672. The van der Waals surface area contributed by atoms with E-state index < -0.39 is 0 Å².